The average Bonchev–Trinajstić information content (AvgIpc) is 3.22. The summed E-state index contributed by atoms with van der Waals surface area (Å²) in [5.74, 6) is -1.78. The second-order valence-corrected chi connectivity index (χ2v) is 10.2. The van der Waals surface area contributed by atoms with Crippen LogP contribution in [0, 0.1) is 23.1 Å². The van der Waals surface area contributed by atoms with E-state index in [4.69, 9.17) is 16.9 Å². The van der Waals surface area contributed by atoms with Gasteiger partial charge in [-0.25, -0.2) is 18.2 Å². The number of nitrogens with zero attached hydrogens (tertiary/aromatic N) is 4. The summed E-state index contributed by atoms with van der Waals surface area (Å²) in [4.78, 5) is 28.9. The number of nitrogens with one attached hydrogen (secondary N) is 2. The Labute approximate surface area is 227 Å². The maximum atomic E-state index is 15.1. The van der Waals surface area contributed by atoms with E-state index < -0.39 is 23.8 Å². The monoisotopic (exact) mass is 562 g/mol. The van der Waals surface area contributed by atoms with Gasteiger partial charge in [-0.1, -0.05) is 18.0 Å². The largest absolute Gasteiger partial charge is 0.378 e. The summed E-state index contributed by atoms with van der Waals surface area (Å²) in [6.45, 7) is 0.927. The van der Waals surface area contributed by atoms with Crippen LogP contribution in [-0.4, -0.2) is 44.2 Å². The number of alkyl halides is 2. The van der Waals surface area contributed by atoms with Gasteiger partial charge in [-0.2, -0.15) is 10.4 Å². The topological polar surface area (TPSA) is 133 Å². The standard InChI is InChI=1S/C26H26ClF3N6O3/c1-26(39,25(29)30)23-17-9-14(10-19(28)22(17)35-36(23)2)16-11-20(32-12-18(16)27)34-24(38)13-4-3-5-15(8-13)33-21(37)6-7-31/h9-13,15,25,39H,3-6,8H2,1-2H3,(H,33,37)(H,32,34,38)/t13-,15+,26?/m0/s1. The quantitative estimate of drug-likeness (QED) is 0.390. The molecule has 39 heavy (non-hydrogen) atoms. The van der Waals surface area contributed by atoms with Crippen LogP contribution in [0.4, 0.5) is 19.0 Å². The Morgan fingerprint density at radius 1 is 1.33 bits per heavy atom. The molecule has 4 rings (SSSR count). The lowest BCUT2D eigenvalue weighted by Gasteiger charge is -2.28. The Bertz CT molecular complexity index is 1470. The third-order valence-electron chi connectivity index (χ3n) is 6.86. The fourth-order valence-corrected chi connectivity index (χ4v) is 5.19. The summed E-state index contributed by atoms with van der Waals surface area (Å²) in [6.07, 6.45) is 0.286. The van der Waals surface area contributed by atoms with Gasteiger partial charge in [0.2, 0.25) is 11.8 Å². The molecule has 1 unspecified atom stereocenters. The summed E-state index contributed by atoms with van der Waals surface area (Å²) in [6, 6.07) is 5.55. The van der Waals surface area contributed by atoms with Gasteiger partial charge in [0.1, 0.15) is 17.8 Å². The highest BCUT2D eigenvalue weighted by atomic mass is 35.5. The predicted molar refractivity (Wildman–Crippen MR) is 137 cm³/mol. The van der Waals surface area contributed by atoms with Gasteiger partial charge in [-0.3, -0.25) is 14.3 Å². The van der Waals surface area contributed by atoms with E-state index in [1.165, 1.54) is 25.4 Å². The Morgan fingerprint density at radius 3 is 2.77 bits per heavy atom. The molecule has 3 atom stereocenters. The van der Waals surface area contributed by atoms with Crippen molar-refractivity contribution in [3.63, 3.8) is 0 Å². The van der Waals surface area contributed by atoms with E-state index >= 15 is 4.39 Å². The van der Waals surface area contributed by atoms with Gasteiger partial charge in [0.25, 0.3) is 6.43 Å². The number of hydrogen-bond acceptors (Lipinski definition) is 6. The molecule has 2 heterocycles. The highest BCUT2D eigenvalue weighted by Crippen LogP contribution is 2.38. The van der Waals surface area contributed by atoms with Crippen molar-refractivity contribution < 1.29 is 27.9 Å². The molecule has 1 aliphatic rings. The zero-order valence-electron chi connectivity index (χ0n) is 21.1. The first kappa shape index (κ1) is 28.3. The van der Waals surface area contributed by atoms with Crippen LogP contribution in [0.2, 0.25) is 5.02 Å². The average molecular weight is 563 g/mol. The SMILES string of the molecule is Cn1nc2c(F)cc(-c3cc(NC(=O)[C@H]4CCC[C@@H](NC(=O)CC#N)C4)ncc3Cl)cc2c1C(C)(O)C(F)F. The van der Waals surface area contributed by atoms with Crippen molar-refractivity contribution in [1.82, 2.24) is 20.1 Å². The minimum Gasteiger partial charge on any atom is -0.378 e. The van der Waals surface area contributed by atoms with Crippen LogP contribution in [0.5, 0.6) is 0 Å². The van der Waals surface area contributed by atoms with Crippen molar-refractivity contribution in [1.29, 1.82) is 5.26 Å². The summed E-state index contributed by atoms with van der Waals surface area (Å²) in [5.41, 5.74) is -2.56. The summed E-state index contributed by atoms with van der Waals surface area (Å²) in [5, 5.41) is 28.7. The van der Waals surface area contributed by atoms with E-state index in [-0.39, 0.29) is 62.8 Å². The van der Waals surface area contributed by atoms with Crippen LogP contribution in [0.15, 0.2) is 24.4 Å². The van der Waals surface area contributed by atoms with Crippen molar-refractivity contribution in [3.05, 3.63) is 40.9 Å². The normalized spacial score (nSPS) is 18.9. The van der Waals surface area contributed by atoms with E-state index in [1.54, 1.807) is 6.07 Å². The zero-order chi connectivity index (χ0) is 28.5. The second-order valence-electron chi connectivity index (χ2n) is 9.78. The molecule has 1 aliphatic carbocycles. The molecule has 0 bridgehead atoms. The number of aryl methyl sites for hydroxylation is 1. The van der Waals surface area contributed by atoms with Crippen LogP contribution >= 0.6 is 11.6 Å². The van der Waals surface area contributed by atoms with Crippen molar-refractivity contribution in [2.24, 2.45) is 13.0 Å². The van der Waals surface area contributed by atoms with Gasteiger partial charge in [0, 0.05) is 36.2 Å². The smallest absolute Gasteiger partial charge is 0.272 e. The van der Waals surface area contributed by atoms with Crippen LogP contribution in [0.3, 0.4) is 0 Å². The van der Waals surface area contributed by atoms with Gasteiger partial charge >= 0.3 is 0 Å². The molecule has 1 aromatic carbocycles. The molecule has 3 N–H and O–H groups in total. The first-order chi connectivity index (χ1) is 18.4. The molecule has 1 saturated carbocycles. The molecule has 0 aliphatic heterocycles. The molecule has 3 aromatic rings. The van der Waals surface area contributed by atoms with E-state index in [0.717, 1.165) is 17.7 Å². The molecule has 2 amide bonds. The van der Waals surface area contributed by atoms with Crippen LogP contribution in [0.1, 0.15) is 44.7 Å². The van der Waals surface area contributed by atoms with Gasteiger partial charge in [-0.05, 0) is 49.9 Å². The Hall–Kier alpha value is -3.69. The first-order valence-electron chi connectivity index (χ1n) is 12.2. The highest BCUT2D eigenvalue weighted by molar-refractivity contribution is 6.33. The number of aliphatic hydroxyl groups is 1. The molecule has 2 aromatic heterocycles. The summed E-state index contributed by atoms with van der Waals surface area (Å²) >= 11 is 6.35. The Kier molecular flexibility index (Phi) is 8.13. The van der Waals surface area contributed by atoms with Crippen molar-refractivity contribution in [3.8, 4) is 17.2 Å². The number of hydrogen-bond donors (Lipinski definition) is 3. The van der Waals surface area contributed by atoms with E-state index in [0.29, 0.717) is 25.7 Å². The minimum atomic E-state index is -3.16. The third-order valence-corrected chi connectivity index (χ3v) is 7.17. The zero-order valence-corrected chi connectivity index (χ0v) is 21.9. The Morgan fingerprint density at radius 2 is 2.08 bits per heavy atom. The number of benzene rings is 1. The number of fused-ring (bicyclic) bond motifs is 1. The molecule has 0 radical (unpaired) electrons. The lowest BCUT2D eigenvalue weighted by Crippen LogP contribution is -2.40. The third kappa shape index (κ3) is 5.84. The number of nitriles is 1. The molecule has 0 saturated heterocycles. The lowest BCUT2D eigenvalue weighted by molar-refractivity contribution is -0.124. The molecule has 206 valence electrons. The van der Waals surface area contributed by atoms with E-state index in [1.807, 2.05) is 0 Å². The van der Waals surface area contributed by atoms with Crippen LogP contribution < -0.4 is 10.6 Å². The van der Waals surface area contributed by atoms with Crippen molar-refractivity contribution >= 4 is 40.1 Å². The second kappa shape index (κ2) is 11.2. The predicted octanol–water partition coefficient (Wildman–Crippen LogP) is 4.43. The lowest BCUT2D eigenvalue weighted by atomic mass is 9.85. The van der Waals surface area contributed by atoms with E-state index in [2.05, 4.69) is 20.7 Å². The molecular weight excluding hydrogens is 537 g/mol. The summed E-state index contributed by atoms with van der Waals surface area (Å²) in [7, 11) is 1.34. The fourth-order valence-electron chi connectivity index (χ4n) is 4.98. The maximum Gasteiger partial charge on any atom is 0.272 e. The molecule has 9 nitrogen and oxygen atoms in total. The van der Waals surface area contributed by atoms with Crippen LogP contribution in [-0.2, 0) is 22.2 Å². The maximum absolute atomic E-state index is 15.1. The molecule has 1 fully saturated rings. The fraction of sp³-hybridized carbons (Fsp3) is 0.423. The Balaban J connectivity index is 1.61. The van der Waals surface area contributed by atoms with Gasteiger partial charge < -0.3 is 15.7 Å². The number of carbonyl (C=O) groups excluding carboxylic acids is 2. The van der Waals surface area contributed by atoms with E-state index in [9.17, 15) is 23.5 Å². The molecule has 0 spiro atoms. The number of halogens is 4. The highest BCUT2D eigenvalue weighted by Gasteiger charge is 2.39. The first-order valence-corrected chi connectivity index (χ1v) is 12.6. The number of aromatic nitrogens is 3. The number of pyridine rings is 1. The van der Waals surface area contributed by atoms with Crippen molar-refractivity contribution in [2.75, 3.05) is 5.32 Å². The van der Waals surface area contributed by atoms with Gasteiger partial charge in [0.15, 0.2) is 11.4 Å². The number of carbonyl (C=O) groups is 2. The molecular formula is C26H26ClF3N6O3. The summed E-state index contributed by atoms with van der Waals surface area (Å²) < 4.78 is 43.3. The number of amides is 2. The van der Waals surface area contributed by atoms with Crippen LogP contribution in [0.25, 0.3) is 22.0 Å². The van der Waals surface area contributed by atoms with Crippen molar-refractivity contribution in [2.45, 2.75) is 57.1 Å². The van der Waals surface area contributed by atoms with Gasteiger partial charge in [0.05, 0.1) is 16.8 Å². The number of anilines is 1. The minimum absolute atomic E-state index is 0.0112. The van der Waals surface area contributed by atoms with Gasteiger partial charge in [-0.15, -0.1) is 0 Å². The molecule has 13 heteroatoms. The number of rotatable bonds is 7.